The van der Waals surface area contributed by atoms with Crippen LogP contribution < -0.4 is 11.3 Å². The van der Waals surface area contributed by atoms with E-state index < -0.39 is 5.91 Å². The van der Waals surface area contributed by atoms with Crippen molar-refractivity contribution >= 4 is 17.5 Å². The van der Waals surface area contributed by atoms with Crippen molar-refractivity contribution in [1.29, 1.82) is 0 Å². The Bertz CT molecular complexity index is 479. The molecule has 1 amide bonds. The number of carbonyl (C=O) groups is 1. The summed E-state index contributed by atoms with van der Waals surface area (Å²) in [6.07, 6.45) is 2.18. The van der Waals surface area contributed by atoms with E-state index >= 15 is 0 Å². The van der Waals surface area contributed by atoms with Crippen LogP contribution in [0.2, 0.25) is 5.15 Å². The minimum atomic E-state index is -0.427. The van der Waals surface area contributed by atoms with Crippen molar-refractivity contribution < 1.29 is 4.79 Å². The van der Waals surface area contributed by atoms with Crippen LogP contribution in [0.15, 0.2) is 10.9 Å². The minimum absolute atomic E-state index is 0.142. The van der Waals surface area contributed by atoms with E-state index in [-0.39, 0.29) is 23.7 Å². The number of rotatable bonds is 4. The zero-order valence-corrected chi connectivity index (χ0v) is 9.41. The topological polar surface area (TPSA) is 78.0 Å². The lowest BCUT2D eigenvalue weighted by atomic mass is 10.3. The van der Waals surface area contributed by atoms with Crippen LogP contribution in [0.1, 0.15) is 31.0 Å². The first-order valence-corrected chi connectivity index (χ1v) is 5.51. The second-order valence-electron chi connectivity index (χ2n) is 3.92. The number of aromatic nitrogens is 2. The van der Waals surface area contributed by atoms with Gasteiger partial charge in [0.1, 0.15) is 11.0 Å². The summed E-state index contributed by atoms with van der Waals surface area (Å²) in [6.45, 7) is 0.282. The van der Waals surface area contributed by atoms with Crippen LogP contribution in [-0.2, 0) is 11.3 Å². The molecule has 1 saturated carbocycles. The summed E-state index contributed by atoms with van der Waals surface area (Å²) in [6, 6.07) is 1.26. The molecule has 6 heteroatoms. The first-order valence-electron chi connectivity index (χ1n) is 5.13. The third kappa shape index (κ3) is 2.41. The van der Waals surface area contributed by atoms with E-state index in [1.54, 1.807) is 0 Å². The van der Waals surface area contributed by atoms with E-state index in [4.69, 9.17) is 17.3 Å². The molecule has 0 radical (unpaired) electrons. The van der Waals surface area contributed by atoms with Gasteiger partial charge in [0.2, 0.25) is 5.91 Å². The molecule has 1 heterocycles. The number of nitrogens with zero attached hydrogens (tertiary/aromatic N) is 2. The number of halogens is 1. The lowest BCUT2D eigenvalue weighted by Crippen LogP contribution is -2.26. The molecule has 2 rings (SSSR count). The smallest absolute Gasteiger partial charge is 0.255 e. The molecule has 86 valence electrons. The molecule has 1 aromatic rings. The summed E-state index contributed by atoms with van der Waals surface area (Å²) in [5.41, 5.74) is 4.84. The van der Waals surface area contributed by atoms with Gasteiger partial charge in [-0.25, -0.2) is 4.98 Å². The standard InChI is InChI=1S/C10H12ClN3O2/c11-7-5-9(16)14(4-3-8(12)15)10(13-7)6-1-2-6/h5-6H,1-4H2,(H2,12,15). The van der Waals surface area contributed by atoms with Gasteiger partial charge in [0.05, 0.1) is 0 Å². The van der Waals surface area contributed by atoms with E-state index in [0.717, 1.165) is 12.8 Å². The second kappa shape index (κ2) is 4.25. The molecule has 5 nitrogen and oxygen atoms in total. The van der Waals surface area contributed by atoms with Crippen molar-refractivity contribution in [3.8, 4) is 0 Å². The van der Waals surface area contributed by atoms with E-state index in [1.807, 2.05) is 0 Å². The fourth-order valence-electron chi connectivity index (χ4n) is 1.59. The van der Waals surface area contributed by atoms with E-state index in [0.29, 0.717) is 11.7 Å². The first kappa shape index (κ1) is 11.1. The van der Waals surface area contributed by atoms with E-state index in [1.165, 1.54) is 10.6 Å². The van der Waals surface area contributed by atoms with Crippen molar-refractivity contribution in [3.05, 3.63) is 27.4 Å². The maximum absolute atomic E-state index is 11.7. The van der Waals surface area contributed by atoms with Gasteiger partial charge in [-0.05, 0) is 12.8 Å². The number of hydrogen-bond donors (Lipinski definition) is 1. The zero-order chi connectivity index (χ0) is 11.7. The highest BCUT2D eigenvalue weighted by molar-refractivity contribution is 6.29. The molecule has 0 unspecified atom stereocenters. The number of nitrogens with two attached hydrogens (primary N) is 1. The highest BCUT2D eigenvalue weighted by Gasteiger charge is 2.28. The van der Waals surface area contributed by atoms with Gasteiger partial charge in [-0.2, -0.15) is 0 Å². The summed E-state index contributed by atoms with van der Waals surface area (Å²) >= 11 is 5.74. The molecule has 0 aromatic carbocycles. The molecule has 0 atom stereocenters. The summed E-state index contributed by atoms with van der Waals surface area (Å²) < 4.78 is 1.49. The number of primary amides is 1. The minimum Gasteiger partial charge on any atom is -0.370 e. The van der Waals surface area contributed by atoms with Gasteiger partial charge in [0.25, 0.3) is 5.56 Å². The summed E-state index contributed by atoms with van der Waals surface area (Å²) in [7, 11) is 0. The van der Waals surface area contributed by atoms with Crippen molar-refractivity contribution in [2.75, 3.05) is 0 Å². The fraction of sp³-hybridized carbons (Fsp3) is 0.500. The van der Waals surface area contributed by atoms with E-state index in [2.05, 4.69) is 4.98 Å². The van der Waals surface area contributed by atoms with Gasteiger partial charge in [0.15, 0.2) is 0 Å². The van der Waals surface area contributed by atoms with Gasteiger partial charge in [-0.1, -0.05) is 11.6 Å². The SMILES string of the molecule is NC(=O)CCn1c(C2CC2)nc(Cl)cc1=O. The third-order valence-corrected chi connectivity index (χ3v) is 2.72. The maximum Gasteiger partial charge on any atom is 0.255 e. The van der Waals surface area contributed by atoms with Crippen LogP contribution in [0, 0.1) is 0 Å². The molecule has 2 N–H and O–H groups in total. The highest BCUT2D eigenvalue weighted by atomic mass is 35.5. The Kier molecular flexibility index (Phi) is 2.96. The van der Waals surface area contributed by atoms with Crippen molar-refractivity contribution in [1.82, 2.24) is 9.55 Å². The Morgan fingerprint density at radius 2 is 2.31 bits per heavy atom. The average Bonchev–Trinajstić information content (AvgIpc) is 2.97. The molecule has 1 aliphatic rings. The lowest BCUT2D eigenvalue weighted by Gasteiger charge is -2.10. The van der Waals surface area contributed by atoms with Crippen LogP contribution in [0.3, 0.4) is 0 Å². The highest BCUT2D eigenvalue weighted by Crippen LogP contribution is 2.38. The number of hydrogen-bond acceptors (Lipinski definition) is 3. The Balaban J connectivity index is 2.33. The largest absolute Gasteiger partial charge is 0.370 e. The third-order valence-electron chi connectivity index (χ3n) is 2.53. The molecular formula is C10H12ClN3O2. The second-order valence-corrected chi connectivity index (χ2v) is 4.30. The van der Waals surface area contributed by atoms with Gasteiger partial charge in [-0.3, -0.25) is 14.2 Å². The maximum atomic E-state index is 11.7. The quantitative estimate of drug-likeness (QED) is 0.787. The molecule has 0 bridgehead atoms. The molecule has 1 aromatic heterocycles. The molecule has 0 saturated heterocycles. The molecule has 16 heavy (non-hydrogen) atoms. The van der Waals surface area contributed by atoms with Crippen LogP contribution in [0.25, 0.3) is 0 Å². The molecule has 0 aliphatic heterocycles. The van der Waals surface area contributed by atoms with Gasteiger partial charge in [0, 0.05) is 24.9 Å². The molecule has 1 fully saturated rings. The van der Waals surface area contributed by atoms with Crippen LogP contribution in [0.5, 0.6) is 0 Å². The van der Waals surface area contributed by atoms with Gasteiger partial charge >= 0.3 is 0 Å². The predicted octanol–water partition coefficient (Wildman–Crippen LogP) is 0.649. The monoisotopic (exact) mass is 241 g/mol. The van der Waals surface area contributed by atoms with Gasteiger partial charge < -0.3 is 5.73 Å². The average molecular weight is 242 g/mol. The first-order chi connectivity index (χ1) is 7.58. The van der Waals surface area contributed by atoms with Crippen molar-refractivity contribution in [3.63, 3.8) is 0 Å². The number of carbonyl (C=O) groups excluding carboxylic acids is 1. The Morgan fingerprint density at radius 3 is 2.88 bits per heavy atom. The number of amides is 1. The summed E-state index contributed by atoms with van der Waals surface area (Å²) in [4.78, 5) is 26.6. The zero-order valence-electron chi connectivity index (χ0n) is 8.65. The van der Waals surface area contributed by atoms with Crippen molar-refractivity contribution in [2.45, 2.75) is 31.7 Å². The molecule has 1 aliphatic carbocycles. The summed E-state index contributed by atoms with van der Waals surface area (Å²) in [5.74, 6) is 0.557. The molecule has 0 spiro atoms. The Labute approximate surface area is 97.2 Å². The van der Waals surface area contributed by atoms with Crippen molar-refractivity contribution in [2.24, 2.45) is 5.73 Å². The summed E-state index contributed by atoms with van der Waals surface area (Å²) in [5, 5.41) is 0.210. The fourth-order valence-corrected chi connectivity index (χ4v) is 1.77. The normalized spacial score (nSPS) is 15.1. The Hall–Kier alpha value is -1.36. The van der Waals surface area contributed by atoms with Gasteiger partial charge in [-0.15, -0.1) is 0 Å². The van der Waals surface area contributed by atoms with Crippen LogP contribution in [-0.4, -0.2) is 15.5 Å². The Morgan fingerprint density at radius 1 is 1.62 bits per heavy atom. The van der Waals surface area contributed by atoms with E-state index in [9.17, 15) is 9.59 Å². The lowest BCUT2D eigenvalue weighted by molar-refractivity contribution is -0.118. The van der Waals surface area contributed by atoms with Crippen LogP contribution in [0.4, 0.5) is 0 Å². The predicted molar refractivity (Wildman–Crippen MR) is 59.3 cm³/mol. The van der Waals surface area contributed by atoms with Crippen LogP contribution >= 0.6 is 11.6 Å². The molecular weight excluding hydrogens is 230 g/mol.